The van der Waals surface area contributed by atoms with E-state index in [0.29, 0.717) is 23.9 Å². The van der Waals surface area contributed by atoms with Crippen LogP contribution in [0.1, 0.15) is 21.9 Å². The summed E-state index contributed by atoms with van der Waals surface area (Å²) < 4.78 is 1.97. The number of hydrogen-bond acceptors (Lipinski definition) is 2. The number of aromatic amines is 1. The van der Waals surface area contributed by atoms with E-state index in [1.165, 1.54) is 0 Å². The van der Waals surface area contributed by atoms with Gasteiger partial charge in [-0.3, -0.25) is 4.79 Å². The molecule has 7 heteroatoms. The molecule has 3 aromatic rings. The van der Waals surface area contributed by atoms with Crippen LogP contribution < -0.4 is 0 Å². The Balaban J connectivity index is 0.00000144. The molecule has 4 rings (SSSR count). The number of aryl methyl sites for hydroxylation is 1. The van der Waals surface area contributed by atoms with Crippen LogP contribution in [-0.4, -0.2) is 25.3 Å². The molecule has 0 aliphatic carbocycles. The van der Waals surface area contributed by atoms with Crippen LogP contribution >= 0.6 is 24.0 Å². The van der Waals surface area contributed by atoms with Crippen molar-refractivity contribution in [1.29, 1.82) is 0 Å². The van der Waals surface area contributed by atoms with Crippen LogP contribution in [0.4, 0.5) is 0 Å². The van der Waals surface area contributed by atoms with E-state index in [1.54, 1.807) is 11.2 Å². The largest absolute Gasteiger partial charge is 0.348 e. The number of imidazole rings is 1. The molecule has 0 radical (unpaired) electrons. The van der Waals surface area contributed by atoms with Crippen LogP contribution in [0.2, 0.25) is 5.02 Å². The van der Waals surface area contributed by atoms with Crippen molar-refractivity contribution in [2.75, 3.05) is 0 Å². The zero-order valence-electron chi connectivity index (χ0n) is 11.8. The third kappa shape index (κ3) is 2.09. The summed E-state index contributed by atoms with van der Waals surface area (Å²) in [7, 11) is 0. The lowest BCUT2D eigenvalue weighted by molar-refractivity contribution is 0.0755. The molecule has 0 saturated carbocycles. The monoisotopic (exact) mass is 336 g/mol. The van der Waals surface area contributed by atoms with Crippen molar-refractivity contribution in [3.63, 3.8) is 0 Å². The first kappa shape index (κ1) is 14.9. The van der Waals surface area contributed by atoms with Crippen molar-refractivity contribution in [2.45, 2.75) is 20.1 Å². The standard InChI is InChI=1S/C15H13ClN4O.ClH/c1-9-12(18-7-17-9)6-19-8-20-13(15(19)21)5-10-3-2-4-11(16)14(10)20;/h2-5,7H,6,8H2,1H3,(H,17,18);1H. The minimum absolute atomic E-state index is 0. The number of hydrogen-bond donors (Lipinski definition) is 1. The number of carbonyl (C=O) groups excluding carboxylic acids is 1. The van der Waals surface area contributed by atoms with Crippen molar-refractivity contribution in [3.8, 4) is 0 Å². The fourth-order valence-corrected chi connectivity index (χ4v) is 3.13. The fourth-order valence-electron chi connectivity index (χ4n) is 2.85. The van der Waals surface area contributed by atoms with E-state index >= 15 is 0 Å². The Morgan fingerprint density at radius 2 is 2.23 bits per heavy atom. The highest BCUT2D eigenvalue weighted by Crippen LogP contribution is 2.31. The van der Waals surface area contributed by atoms with E-state index in [4.69, 9.17) is 11.6 Å². The van der Waals surface area contributed by atoms with E-state index < -0.39 is 0 Å². The molecule has 22 heavy (non-hydrogen) atoms. The molecule has 0 spiro atoms. The molecule has 114 valence electrons. The molecule has 2 aromatic heterocycles. The molecule has 1 aliphatic rings. The lowest BCUT2D eigenvalue weighted by atomic mass is 10.2. The molecular formula is C15H14Cl2N4O. The SMILES string of the molecule is Cc1[nH]cnc1CN1Cn2c(cc3cccc(Cl)c32)C1=O.Cl. The number of halogens is 2. The normalized spacial score (nSPS) is 13.5. The van der Waals surface area contributed by atoms with E-state index in [9.17, 15) is 4.79 Å². The molecule has 1 amide bonds. The zero-order chi connectivity index (χ0) is 14.6. The van der Waals surface area contributed by atoms with Crippen LogP contribution in [0.3, 0.4) is 0 Å². The van der Waals surface area contributed by atoms with Crippen LogP contribution in [0, 0.1) is 6.92 Å². The summed E-state index contributed by atoms with van der Waals surface area (Å²) in [6.45, 7) is 2.96. The molecule has 1 aromatic carbocycles. The second-order valence-electron chi connectivity index (χ2n) is 5.25. The topological polar surface area (TPSA) is 53.9 Å². The average Bonchev–Trinajstić information content (AvgIpc) is 3.10. The summed E-state index contributed by atoms with van der Waals surface area (Å²) >= 11 is 6.28. The van der Waals surface area contributed by atoms with Gasteiger partial charge in [0.05, 0.1) is 35.8 Å². The fraction of sp³-hybridized carbons (Fsp3) is 0.200. The van der Waals surface area contributed by atoms with Gasteiger partial charge in [-0.15, -0.1) is 12.4 Å². The van der Waals surface area contributed by atoms with E-state index in [-0.39, 0.29) is 18.3 Å². The molecule has 1 aliphatic heterocycles. The second-order valence-corrected chi connectivity index (χ2v) is 5.66. The molecule has 0 saturated heterocycles. The molecule has 0 fully saturated rings. The van der Waals surface area contributed by atoms with Gasteiger partial charge in [0.1, 0.15) is 5.69 Å². The molecule has 0 bridgehead atoms. The van der Waals surface area contributed by atoms with Gasteiger partial charge < -0.3 is 14.5 Å². The highest BCUT2D eigenvalue weighted by molar-refractivity contribution is 6.35. The molecule has 5 nitrogen and oxygen atoms in total. The highest BCUT2D eigenvalue weighted by Gasteiger charge is 2.30. The molecular weight excluding hydrogens is 323 g/mol. The first-order valence-electron chi connectivity index (χ1n) is 6.71. The Morgan fingerprint density at radius 3 is 2.95 bits per heavy atom. The van der Waals surface area contributed by atoms with Crippen LogP contribution in [-0.2, 0) is 13.2 Å². The van der Waals surface area contributed by atoms with Crippen molar-refractivity contribution in [3.05, 3.63) is 52.7 Å². The number of benzene rings is 1. The smallest absolute Gasteiger partial charge is 0.272 e. The predicted molar refractivity (Wildman–Crippen MR) is 87.4 cm³/mol. The number of nitrogens with one attached hydrogen (secondary N) is 1. The molecule has 0 atom stereocenters. The summed E-state index contributed by atoms with van der Waals surface area (Å²) in [5.41, 5.74) is 3.49. The van der Waals surface area contributed by atoms with Crippen molar-refractivity contribution in [1.82, 2.24) is 19.4 Å². The summed E-state index contributed by atoms with van der Waals surface area (Å²) in [5.74, 6) is 0.0182. The van der Waals surface area contributed by atoms with E-state index in [1.807, 2.05) is 35.8 Å². The number of rotatable bonds is 2. The van der Waals surface area contributed by atoms with E-state index in [2.05, 4.69) is 9.97 Å². The summed E-state index contributed by atoms with van der Waals surface area (Å²) in [5, 5.41) is 1.67. The Hall–Kier alpha value is -1.98. The van der Waals surface area contributed by atoms with Crippen LogP contribution in [0.15, 0.2) is 30.6 Å². The second kappa shape index (κ2) is 5.34. The maximum atomic E-state index is 12.5. The van der Waals surface area contributed by atoms with Crippen molar-refractivity contribution < 1.29 is 4.79 Å². The van der Waals surface area contributed by atoms with Gasteiger partial charge in [-0.05, 0) is 19.1 Å². The van der Waals surface area contributed by atoms with Gasteiger partial charge in [-0.1, -0.05) is 23.7 Å². The minimum atomic E-state index is 0. The third-order valence-corrected chi connectivity index (χ3v) is 4.27. The van der Waals surface area contributed by atoms with Gasteiger partial charge in [-0.2, -0.15) is 0 Å². The molecule has 1 N–H and O–H groups in total. The zero-order valence-corrected chi connectivity index (χ0v) is 13.4. The number of aromatic nitrogens is 3. The van der Waals surface area contributed by atoms with Crippen LogP contribution in [0.25, 0.3) is 10.9 Å². The Morgan fingerprint density at radius 1 is 1.41 bits per heavy atom. The van der Waals surface area contributed by atoms with Crippen molar-refractivity contribution in [2.24, 2.45) is 0 Å². The quantitative estimate of drug-likeness (QED) is 0.780. The Kier molecular flexibility index (Phi) is 3.62. The summed E-state index contributed by atoms with van der Waals surface area (Å²) in [6, 6.07) is 7.63. The third-order valence-electron chi connectivity index (χ3n) is 3.96. The summed E-state index contributed by atoms with van der Waals surface area (Å²) in [6.07, 6.45) is 1.65. The van der Waals surface area contributed by atoms with E-state index in [0.717, 1.165) is 22.3 Å². The Labute approximate surface area is 138 Å². The van der Waals surface area contributed by atoms with Crippen LogP contribution in [0.5, 0.6) is 0 Å². The van der Waals surface area contributed by atoms with Gasteiger partial charge in [0.15, 0.2) is 0 Å². The number of fused-ring (bicyclic) bond motifs is 3. The van der Waals surface area contributed by atoms with Gasteiger partial charge in [0, 0.05) is 11.1 Å². The minimum Gasteiger partial charge on any atom is -0.348 e. The van der Waals surface area contributed by atoms with Gasteiger partial charge in [0.25, 0.3) is 5.91 Å². The number of nitrogens with zero attached hydrogens (tertiary/aromatic N) is 3. The van der Waals surface area contributed by atoms with Gasteiger partial charge in [0.2, 0.25) is 0 Å². The highest BCUT2D eigenvalue weighted by atomic mass is 35.5. The maximum absolute atomic E-state index is 12.5. The van der Waals surface area contributed by atoms with Crippen molar-refractivity contribution >= 4 is 40.8 Å². The van der Waals surface area contributed by atoms with Gasteiger partial charge in [-0.25, -0.2) is 4.98 Å². The maximum Gasteiger partial charge on any atom is 0.272 e. The number of para-hydroxylation sites is 1. The number of amides is 1. The average molecular weight is 337 g/mol. The number of H-pyrrole nitrogens is 1. The first-order chi connectivity index (χ1) is 10.1. The predicted octanol–water partition coefficient (Wildman–Crippen LogP) is 3.36. The first-order valence-corrected chi connectivity index (χ1v) is 7.09. The lowest BCUT2D eigenvalue weighted by Crippen LogP contribution is -2.24. The lowest BCUT2D eigenvalue weighted by Gasteiger charge is -2.15. The Bertz CT molecular complexity index is 868. The molecule has 3 heterocycles. The molecule has 0 unspecified atom stereocenters. The summed E-state index contributed by atoms with van der Waals surface area (Å²) in [4.78, 5) is 21.6. The van der Waals surface area contributed by atoms with Gasteiger partial charge >= 0.3 is 0 Å². The number of carbonyl (C=O) groups is 1.